The van der Waals surface area contributed by atoms with E-state index in [1.165, 1.54) is 18.1 Å². The maximum Gasteiger partial charge on any atom is 0.308 e. The van der Waals surface area contributed by atoms with Gasteiger partial charge in [-0.05, 0) is 64.7 Å². The molecule has 0 unspecified atom stereocenters. The van der Waals surface area contributed by atoms with Gasteiger partial charge in [-0.25, -0.2) is 0 Å². The second-order valence-electron chi connectivity index (χ2n) is 6.10. The summed E-state index contributed by atoms with van der Waals surface area (Å²) < 4.78 is 10.7. The molecule has 0 N–H and O–H groups in total. The van der Waals surface area contributed by atoms with Gasteiger partial charge in [-0.2, -0.15) is 0 Å². The summed E-state index contributed by atoms with van der Waals surface area (Å²) in [6.45, 7) is 9.75. The number of ether oxygens (including phenoxy) is 2. The van der Waals surface area contributed by atoms with Crippen LogP contribution in [0.5, 0.6) is 11.5 Å². The molecule has 23 heavy (non-hydrogen) atoms. The van der Waals surface area contributed by atoms with Gasteiger partial charge < -0.3 is 9.47 Å². The molecule has 0 aliphatic carbocycles. The van der Waals surface area contributed by atoms with E-state index in [4.69, 9.17) is 9.47 Å². The van der Waals surface area contributed by atoms with Crippen LogP contribution in [0.1, 0.15) is 51.7 Å². The molecule has 1 aromatic rings. The average Bonchev–Trinajstić information content (AvgIpc) is 2.43. The van der Waals surface area contributed by atoms with Gasteiger partial charge in [0.25, 0.3) is 0 Å². The second-order valence-corrected chi connectivity index (χ2v) is 6.10. The lowest BCUT2D eigenvalue weighted by atomic mass is 10.0. The van der Waals surface area contributed by atoms with E-state index in [0.717, 1.165) is 36.1 Å². The van der Waals surface area contributed by atoms with Gasteiger partial charge in [-0.1, -0.05) is 23.3 Å². The molecule has 0 amide bonds. The summed E-state index contributed by atoms with van der Waals surface area (Å²) in [7, 11) is 1.67. The Morgan fingerprint density at radius 2 is 1.83 bits per heavy atom. The predicted molar refractivity (Wildman–Crippen MR) is 95.2 cm³/mol. The van der Waals surface area contributed by atoms with E-state index >= 15 is 0 Å². The van der Waals surface area contributed by atoms with Gasteiger partial charge in [0.05, 0.1) is 7.11 Å². The number of carbonyl (C=O) groups is 1. The number of benzene rings is 1. The molecule has 126 valence electrons. The summed E-state index contributed by atoms with van der Waals surface area (Å²) in [5, 5.41) is 0. The van der Waals surface area contributed by atoms with Crippen molar-refractivity contribution in [2.24, 2.45) is 0 Å². The fourth-order valence-corrected chi connectivity index (χ4v) is 2.45. The molecular formula is C20H28O3. The van der Waals surface area contributed by atoms with Crippen LogP contribution in [0.3, 0.4) is 0 Å². The minimum atomic E-state index is -0.311. The molecule has 0 heterocycles. The molecule has 0 aliphatic rings. The maximum atomic E-state index is 11.2. The summed E-state index contributed by atoms with van der Waals surface area (Å²) in [5.41, 5.74) is 4.70. The lowest BCUT2D eigenvalue weighted by Crippen LogP contribution is -2.03. The van der Waals surface area contributed by atoms with Crippen LogP contribution in [0.4, 0.5) is 0 Å². The lowest BCUT2D eigenvalue weighted by molar-refractivity contribution is -0.131. The predicted octanol–water partition coefficient (Wildman–Crippen LogP) is 5.16. The first kappa shape index (κ1) is 19.0. The number of rotatable bonds is 7. The Hall–Kier alpha value is -2.03. The molecular weight excluding hydrogens is 288 g/mol. The number of hydrogen-bond acceptors (Lipinski definition) is 3. The SMILES string of the molecule is COc1c(C)cc(OC(C)=O)cc1CC=C(C)CCC=C(C)C. The van der Waals surface area contributed by atoms with E-state index in [9.17, 15) is 4.79 Å². The van der Waals surface area contributed by atoms with Crippen molar-refractivity contribution in [2.75, 3.05) is 7.11 Å². The molecule has 0 saturated carbocycles. The van der Waals surface area contributed by atoms with Crippen LogP contribution >= 0.6 is 0 Å². The highest BCUT2D eigenvalue weighted by Gasteiger charge is 2.10. The molecule has 0 aliphatic heterocycles. The highest BCUT2D eigenvalue weighted by molar-refractivity contribution is 5.69. The topological polar surface area (TPSA) is 35.5 Å². The number of esters is 1. The minimum absolute atomic E-state index is 0.311. The van der Waals surface area contributed by atoms with Crippen LogP contribution in [0.15, 0.2) is 35.4 Å². The van der Waals surface area contributed by atoms with Gasteiger partial charge in [-0.15, -0.1) is 0 Å². The third-order valence-electron chi connectivity index (χ3n) is 3.55. The monoisotopic (exact) mass is 316 g/mol. The van der Waals surface area contributed by atoms with Crippen LogP contribution in [-0.4, -0.2) is 13.1 Å². The normalized spacial score (nSPS) is 11.1. The smallest absolute Gasteiger partial charge is 0.308 e. The minimum Gasteiger partial charge on any atom is -0.496 e. The van der Waals surface area contributed by atoms with Crippen LogP contribution in [0, 0.1) is 6.92 Å². The highest BCUT2D eigenvalue weighted by atomic mass is 16.5. The first-order chi connectivity index (χ1) is 10.8. The Morgan fingerprint density at radius 3 is 2.39 bits per heavy atom. The van der Waals surface area contributed by atoms with Gasteiger partial charge >= 0.3 is 5.97 Å². The van der Waals surface area contributed by atoms with Gasteiger partial charge in [-0.3, -0.25) is 4.79 Å². The third-order valence-corrected chi connectivity index (χ3v) is 3.55. The van der Waals surface area contributed by atoms with Crippen molar-refractivity contribution in [3.63, 3.8) is 0 Å². The standard InChI is InChI=1S/C20H28O3/c1-14(2)8-7-9-15(3)10-11-18-13-19(23-17(5)21)12-16(4)20(18)22-6/h8,10,12-13H,7,9,11H2,1-6H3. The summed E-state index contributed by atoms with van der Waals surface area (Å²) in [6.07, 6.45) is 7.35. The zero-order valence-corrected chi connectivity index (χ0v) is 15.2. The van der Waals surface area contributed by atoms with E-state index in [-0.39, 0.29) is 5.97 Å². The van der Waals surface area contributed by atoms with Gasteiger partial charge in [0, 0.05) is 12.5 Å². The number of aryl methyl sites for hydroxylation is 1. The van der Waals surface area contributed by atoms with Gasteiger partial charge in [0.1, 0.15) is 11.5 Å². The van der Waals surface area contributed by atoms with Crippen LogP contribution in [-0.2, 0) is 11.2 Å². The average molecular weight is 316 g/mol. The molecule has 0 spiro atoms. The molecule has 0 aromatic heterocycles. The van der Waals surface area contributed by atoms with Crippen molar-refractivity contribution < 1.29 is 14.3 Å². The second kappa shape index (κ2) is 9.19. The molecule has 1 aromatic carbocycles. The number of hydrogen-bond donors (Lipinski definition) is 0. The Labute approximate surface area is 140 Å². The fourth-order valence-electron chi connectivity index (χ4n) is 2.45. The Balaban J connectivity index is 2.90. The van der Waals surface area contributed by atoms with Crippen molar-refractivity contribution in [2.45, 2.75) is 53.9 Å². The van der Waals surface area contributed by atoms with Gasteiger partial charge in [0.2, 0.25) is 0 Å². The number of allylic oxidation sites excluding steroid dienone is 4. The van der Waals surface area contributed by atoms with Crippen LogP contribution in [0.2, 0.25) is 0 Å². The van der Waals surface area contributed by atoms with Crippen LogP contribution in [0.25, 0.3) is 0 Å². The van der Waals surface area contributed by atoms with E-state index in [1.54, 1.807) is 7.11 Å². The third kappa shape index (κ3) is 6.72. The Bertz CT molecular complexity index is 606. The summed E-state index contributed by atoms with van der Waals surface area (Å²) in [4.78, 5) is 11.2. The zero-order chi connectivity index (χ0) is 17.4. The summed E-state index contributed by atoms with van der Waals surface area (Å²) in [6, 6.07) is 3.71. The Morgan fingerprint density at radius 1 is 1.13 bits per heavy atom. The van der Waals surface area contributed by atoms with Crippen molar-refractivity contribution >= 4 is 5.97 Å². The van der Waals surface area contributed by atoms with Gasteiger partial charge in [0.15, 0.2) is 0 Å². The maximum absolute atomic E-state index is 11.2. The number of methoxy groups -OCH3 is 1. The quantitative estimate of drug-likeness (QED) is 0.396. The van der Waals surface area contributed by atoms with Crippen molar-refractivity contribution in [3.8, 4) is 11.5 Å². The van der Waals surface area contributed by atoms with E-state index in [0.29, 0.717) is 5.75 Å². The Kier molecular flexibility index (Phi) is 7.60. The number of carbonyl (C=O) groups excluding carboxylic acids is 1. The summed E-state index contributed by atoms with van der Waals surface area (Å²) >= 11 is 0. The summed E-state index contributed by atoms with van der Waals surface area (Å²) in [5.74, 6) is 1.12. The van der Waals surface area contributed by atoms with Crippen molar-refractivity contribution in [3.05, 3.63) is 46.6 Å². The lowest BCUT2D eigenvalue weighted by Gasteiger charge is -2.13. The molecule has 0 atom stereocenters. The molecule has 0 fully saturated rings. The first-order valence-electron chi connectivity index (χ1n) is 7.98. The first-order valence-corrected chi connectivity index (χ1v) is 7.98. The highest BCUT2D eigenvalue weighted by Crippen LogP contribution is 2.30. The van der Waals surface area contributed by atoms with Crippen LogP contribution < -0.4 is 9.47 Å². The van der Waals surface area contributed by atoms with E-state index < -0.39 is 0 Å². The molecule has 0 saturated heterocycles. The largest absolute Gasteiger partial charge is 0.496 e. The van der Waals surface area contributed by atoms with Crippen molar-refractivity contribution in [1.29, 1.82) is 0 Å². The molecule has 3 heteroatoms. The van der Waals surface area contributed by atoms with Crippen molar-refractivity contribution in [1.82, 2.24) is 0 Å². The molecule has 1 rings (SSSR count). The molecule has 0 radical (unpaired) electrons. The van der Waals surface area contributed by atoms with E-state index in [1.807, 2.05) is 19.1 Å². The fraction of sp³-hybridized carbons (Fsp3) is 0.450. The zero-order valence-electron chi connectivity index (χ0n) is 15.2. The molecule has 3 nitrogen and oxygen atoms in total. The van der Waals surface area contributed by atoms with E-state index in [2.05, 4.69) is 32.9 Å². The molecule has 0 bridgehead atoms.